The van der Waals surface area contributed by atoms with Gasteiger partial charge in [-0.1, -0.05) is 6.07 Å². The molecule has 0 fully saturated rings. The molecule has 0 spiro atoms. The minimum atomic E-state index is -0.266. The number of hydrogen-bond donors (Lipinski definition) is 4. The molecule has 5 nitrogen and oxygen atoms in total. The third-order valence-electron chi connectivity index (χ3n) is 2.52. The number of nitrogens with one attached hydrogen (secondary N) is 2. The van der Waals surface area contributed by atoms with E-state index in [9.17, 15) is 0 Å². The first-order valence-electron chi connectivity index (χ1n) is 5.20. The second-order valence-electron chi connectivity index (χ2n) is 3.70. The van der Waals surface area contributed by atoms with E-state index in [4.69, 9.17) is 10.2 Å². The summed E-state index contributed by atoms with van der Waals surface area (Å²) in [6, 6.07) is 5.65. The molecule has 4 N–H and O–H groups in total. The van der Waals surface area contributed by atoms with Gasteiger partial charge in [0.1, 0.15) is 0 Å². The van der Waals surface area contributed by atoms with Crippen molar-refractivity contribution in [3.8, 4) is 0 Å². The van der Waals surface area contributed by atoms with Crippen LogP contribution in [0, 0.1) is 0 Å². The molecule has 2 rings (SSSR count). The van der Waals surface area contributed by atoms with Crippen LogP contribution in [0.3, 0.4) is 0 Å². The van der Waals surface area contributed by atoms with Gasteiger partial charge in [-0.25, -0.2) is 4.98 Å². The Balaban J connectivity index is 2.03. The topological polar surface area (TPSA) is 81.2 Å². The van der Waals surface area contributed by atoms with Gasteiger partial charge in [-0.05, 0) is 17.7 Å². The van der Waals surface area contributed by atoms with Gasteiger partial charge in [0.25, 0.3) is 0 Å². The number of aliphatic hydroxyl groups excluding tert-OH is 2. The van der Waals surface area contributed by atoms with Crippen molar-refractivity contribution in [2.24, 2.45) is 0 Å². The number of aromatic amines is 1. The van der Waals surface area contributed by atoms with Crippen LogP contribution in [-0.4, -0.2) is 39.4 Å². The highest BCUT2D eigenvalue weighted by atomic mass is 16.3. The Kier molecular flexibility index (Phi) is 3.51. The van der Waals surface area contributed by atoms with Crippen LogP contribution >= 0.6 is 0 Å². The fraction of sp³-hybridized carbons (Fsp3) is 0.364. The van der Waals surface area contributed by atoms with Crippen LogP contribution in [0.5, 0.6) is 0 Å². The fourth-order valence-electron chi connectivity index (χ4n) is 1.54. The van der Waals surface area contributed by atoms with Crippen LogP contribution in [-0.2, 0) is 6.54 Å². The van der Waals surface area contributed by atoms with Gasteiger partial charge in [0.15, 0.2) is 0 Å². The summed E-state index contributed by atoms with van der Waals surface area (Å²) in [5, 5.41) is 20.9. The smallest absolute Gasteiger partial charge is 0.0931 e. The van der Waals surface area contributed by atoms with Crippen molar-refractivity contribution in [1.29, 1.82) is 0 Å². The minimum Gasteiger partial charge on any atom is -0.395 e. The van der Waals surface area contributed by atoms with Crippen molar-refractivity contribution in [3.63, 3.8) is 0 Å². The predicted octanol–water partition coefficient (Wildman–Crippen LogP) is 0.00570. The molecule has 16 heavy (non-hydrogen) atoms. The van der Waals surface area contributed by atoms with Crippen molar-refractivity contribution >= 4 is 11.0 Å². The van der Waals surface area contributed by atoms with Gasteiger partial charge < -0.3 is 20.5 Å². The molecule has 0 unspecified atom stereocenters. The van der Waals surface area contributed by atoms with E-state index in [0.717, 1.165) is 16.6 Å². The third kappa shape index (κ3) is 2.38. The molecule has 1 aromatic carbocycles. The zero-order valence-corrected chi connectivity index (χ0v) is 8.85. The molecule has 1 heterocycles. The van der Waals surface area contributed by atoms with Crippen molar-refractivity contribution in [3.05, 3.63) is 30.1 Å². The molecule has 1 aromatic heterocycles. The molecule has 0 radical (unpaired) electrons. The molecular weight excluding hydrogens is 206 g/mol. The van der Waals surface area contributed by atoms with Crippen LogP contribution in [0.25, 0.3) is 11.0 Å². The van der Waals surface area contributed by atoms with E-state index in [2.05, 4.69) is 15.3 Å². The minimum absolute atomic E-state index is 0.0667. The number of hydrogen-bond acceptors (Lipinski definition) is 4. The summed E-state index contributed by atoms with van der Waals surface area (Å²) in [7, 11) is 0. The summed E-state index contributed by atoms with van der Waals surface area (Å²) in [4.78, 5) is 7.17. The molecule has 2 aromatic rings. The molecule has 0 aliphatic heterocycles. The Morgan fingerprint density at radius 1 is 1.31 bits per heavy atom. The molecule has 0 amide bonds. The van der Waals surface area contributed by atoms with Gasteiger partial charge >= 0.3 is 0 Å². The summed E-state index contributed by atoms with van der Waals surface area (Å²) in [5.41, 5.74) is 3.01. The van der Waals surface area contributed by atoms with E-state index in [-0.39, 0.29) is 19.3 Å². The third-order valence-corrected chi connectivity index (χ3v) is 2.52. The summed E-state index contributed by atoms with van der Waals surface area (Å²) in [6.45, 7) is 0.479. The monoisotopic (exact) mass is 221 g/mol. The largest absolute Gasteiger partial charge is 0.395 e. The summed E-state index contributed by atoms with van der Waals surface area (Å²) >= 11 is 0. The average Bonchev–Trinajstić information content (AvgIpc) is 2.77. The van der Waals surface area contributed by atoms with Gasteiger partial charge in [0.05, 0.1) is 36.6 Å². The second kappa shape index (κ2) is 5.07. The van der Waals surface area contributed by atoms with Crippen molar-refractivity contribution in [2.75, 3.05) is 13.2 Å². The van der Waals surface area contributed by atoms with Crippen molar-refractivity contribution in [1.82, 2.24) is 15.3 Å². The second-order valence-corrected chi connectivity index (χ2v) is 3.70. The lowest BCUT2D eigenvalue weighted by Gasteiger charge is -2.12. The van der Waals surface area contributed by atoms with Gasteiger partial charge in [0.2, 0.25) is 0 Å². The van der Waals surface area contributed by atoms with Gasteiger partial charge in [-0.15, -0.1) is 0 Å². The van der Waals surface area contributed by atoms with Crippen LogP contribution < -0.4 is 5.32 Å². The van der Waals surface area contributed by atoms with Crippen LogP contribution in [0.15, 0.2) is 24.5 Å². The number of rotatable bonds is 5. The van der Waals surface area contributed by atoms with Crippen LogP contribution in [0.1, 0.15) is 5.56 Å². The maximum absolute atomic E-state index is 8.90. The average molecular weight is 221 g/mol. The van der Waals surface area contributed by atoms with Crippen LogP contribution in [0.2, 0.25) is 0 Å². The lowest BCUT2D eigenvalue weighted by atomic mass is 10.2. The Morgan fingerprint density at radius 2 is 2.12 bits per heavy atom. The van der Waals surface area contributed by atoms with E-state index in [1.807, 2.05) is 18.2 Å². The Labute approximate surface area is 93.1 Å². The Morgan fingerprint density at radius 3 is 2.88 bits per heavy atom. The number of benzene rings is 1. The van der Waals surface area contributed by atoms with E-state index in [1.165, 1.54) is 0 Å². The molecule has 5 heteroatoms. The summed E-state index contributed by atoms with van der Waals surface area (Å²) in [5.74, 6) is 0. The number of aromatic nitrogens is 2. The molecule has 0 aliphatic rings. The Hall–Kier alpha value is -1.43. The van der Waals surface area contributed by atoms with E-state index < -0.39 is 0 Å². The molecule has 0 atom stereocenters. The quantitative estimate of drug-likeness (QED) is 0.573. The summed E-state index contributed by atoms with van der Waals surface area (Å²) in [6.07, 6.45) is 1.66. The number of aliphatic hydroxyl groups is 2. The predicted molar refractivity (Wildman–Crippen MR) is 60.9 cm³/mol. The number of nitrogens with zero attached hydrogens (tertiary/aromatic N) is 1. The summed E-state index contributed by atoms with van der Waals surface area (Å²) < 4.78 is 0. The molecule has 0 aliphatic carbocycles. The molecular formula is C11H15N3O2. The molecule has 86 valence electrons. The fourth-order valence-corrected chi connectivity index (χ4v) is 1.54. The number of imidazole rings is 1. The Bertz CT molecular complexity index is 451. The van der Waals surface area contributed by atoms with E-state index in [1.54, 1.807) is 6.33 Å². The zero-order chi connectivity index (χ0) is 11.4. The van der Waals surface area contributed by atoms with Crippen molar-refractivity contribution in [2.45, 2.75) is 12.6 Å². The lowest BCUT2D eigenvalue weighted by Crippen LogP contribution is -2.35. The maximum Gasteiger partial charge on any atom is 0.0931 e. The first kappa shape index (κ1) is 11.1. The first-order chi connectivity index (χ1) is 7.83. The highest BCUT2D eigenvalue weighted by Crippen LogP contribution is 2.11. The number of H-pyrrole nitrogens is 1. The first-order valence-corrected chi connectivity index (χ1v) is 5.20. The lowest BCUT2D eigenvalue weighted by molar-refractivity contribution is 0.170. The molecule has 0 saturated heterocycles. The van der Waals surface area contributed by atoms with E-state index in [0.29, 0.717) is 6.54 Å². The molecule has 0 saturated carbocycles. The highest BCUT2D eigenvalue weighted by molar-refractivity contribution is 5.74. The number of fused-ring (bicyclic) bond motifs is 1. The molecule has 0 bridgehead atoms. The highest BCUT2D eigenvalue weighted by Gasteiger charge is 2.05. The van der Waals surface area contributed by atoms with E-state index >= 15 is 0 Å². The maximum atomic E-state index is 8.90. The van der Waals surface area contributed by atoms with Crippen LogP contribution in [0.4, 0.5) is 0 Å². The van der Waals surface area contributed by atoms with Gasteiger partial charge in [-0.3, -0.25) is 0 Å². The SMILES string of the molecule is OCC(CO)NCc1ccc2nc[nH]c2c1. The standard InChI is InChI=1S/C11H15N3O2/c15-5-9(6-16)12-4-8-1-2-10-11(3-8)14-7-13-10/h1-3,7,9,12,15-16H,4-6H2,(H,13,14). The van der Waals surface area contributed by atoms with Gasteiger partial charge in [-0.2, -0.15) is 0 Å². The normalized spacial score (nSPS) is 11.4. The zero-order valence-electron chi connectivity index (χ0n) is 8.85. The van der Waals surface area contributed by atoms with Gasteiger partial charge in [0, 0.05) is 6.54 Å². The van der Waals surface area contributed by atoms with Crippen molar-refractivity contribution < 1.29 is 10.2 Å².